The fourth-order valence-corrected chi connectivity index (χ4v) is 3.10. The number of nitrogens with zero attached hydrogens (tertiary/aromatic N) is 1. The van der Waals surface area contributed by atoms with E-state index in [4.69, 9.17) is 0 Å². The van der Waals surface area contributed by atoms with Crippen molar-refractivity contribution in [1.29, 1.82) is 5.26 Å². The first-order chi connectivity index (χ1) is 9.26. The van der Waals surface area contributed by atoms with Crippen molar-refractivity contribution in [2.24, 2.45) is 0 Å². The molecule has 2 nitrogen and oxygen atoms in total. The predicted molar refractivity (Wildman–Crippen MR) is 73.5 cm³/mol. The van der Waals surface area contributed by atoms with Gasteiger partial charge < -0.3 is 5.11 Å². The van der Waals surface area contributed by atoms with E-state index in [1.807, 2.05) is 30.3 Å². The van der Waals surface area contributed by atoms with Gasteiger partial charge in [0, 0.05) is 17.4 Å². The van der Waals surface area contributed by atoms with Crippen LogP contribution in [-0.2, 0) is 0 Å². The van der Waals surface area contributed by atoms with Crippen LogP contribution >= 0.6 is 11.3 Å². The second-order valence-electron chi connectivity index (χ2n) is 4.28. The molecule has 0 bridgehead atoms. The minimum absolute atomic E-state index is 0.0187. The first-order valence-corrected chi connectivity index (χ1v) is 6.88. The second kappa shape index (κ2) is 6.46. The number of aliphatic hydroxyl groups excluding tert-OH is 1. The van der Waals surface area contributed by atoms with Crippen LogP contribution in [0.2, 0.25) is 0 Å². The van der Waals surface area contributed by atoms with Gasteiger partial charge in [0.2, 0.25) is 0 Å². The van der Waals surface area contributed by atoms with Crippen LogP contribution in [0, 0.1) is 16.5 Å². The summed E-state index contributed by atoms with van der Waals surface area (Å²) in [5, 5.41) is 18.4. The summed E-state index contributed by atoms with van der Waals surface area (Å²) in [4.78, 5) is 0.807. The number of rotatable bonds is 5. The molecule has 1 heterocycles. The van der Waals surface area contributed by atoms with Crippen molar-refractivity contribution in [3.05, 3.63) is 58.0 Å². The summed E-state index contributed by atoms with van der Waals surface area (Å²) in [6.07, 6.45) is 0.451. The first-order valence-electron chi connectivity index (χ1n) is 6.07. The zero-order valence-electron chi connectivity index (χ0n) is 10.3. The van der Waals surface area contributed by atoms with E-state index < -0.39 is 0 Å². The van der Waals surface area contributed by atoms with Crippen LogP contribution in [0.15, 0.2) is 42.5 Å². The minimum atomic E-state index is -0.369. The van der Waals surface area contributed by atoms with Gasteiger partial charge in [0.05, 0.1) is 12.0 Å². The summed E-state index contributed by atoms with van der Waals surface area (Å²) in [6.45, 7) is -0.0187. The fourth-order valence-electron chi connectivity index (χ4n) is 2.20. The lowest BCUT2D eigenvalue weighted by Crippen LogP contribution is -2.10. The van der Waals surface area contributed by atoms with Crippen molar-refractivity contribution in [1.82, 2.24) is 0 Å². The van der Waals surface area contributed by atoms with Crippen molar-refractivity contribution in [3.63, 3.8) is 0 Å². The smallest absolute Gasteiger partial charge is 0.176 e. The Kier molecular flexibility index (Phi) is 4.67. The molecule has 1 aromatic carbocycles. The zero-order valence-corrected chi connectivity index (χ0v) is 11.1. The molecule has 2 atom stereocenters. The van der Waals surface area contributed by atoms with Crippen LogP contribution in [0.3, 0.4) is 0 Å². The Balaban J connectivity index is 2.34. The van der Waals surface area contributed by atoms with Crippen LogP contribution in [0.25, 0.3) is 0 Å². The highest BCUT2D eigenvalue weighted by atomic mass is 32.1. The maximum atomic E-state index is 13.2. The Bertz CT molecular complexity index is 561. The number of halogens is 1. The molecule has 0 saturated heterocycles. The molecule has 0 spiro atoms. The number of aliphatic hydroxyl groups is 1. The van der Waals surface area contributed by atoms with E-state index in [9.17, 15) is 14.8 Å². The molecule has 2 aromatic rings. The van der Waals surface area contributed by atoms with Gasteiger partial charge in [-0.3, -0.25) is 0 Å². The highest BCUT2D eigenvalue weighted by Gasteiger charge is 2.25. The number of hydrogen-bond donors (Lipinski definition) is 1. The van der Waals surface area contributed by atoms with Gasteiger partial charge in [-0.05, 0) is 24.1 Å². The topological polar surface area (TPSA) is 44.0 Å². The second-order valence-corrected chi connectivity index (χ2v) is 5.34. The molecule has 1 aromatic heterocycles. The maximum Gasteiger partial charge on any atom is 0.176 e. The third kappa shape index (κ3) is 3.19. The largest absolute Gasteiger partial charge is 0.396 e. The normalized spacial score (nSPS) is 13.7. The van der Waals surface area contributed by atoms with Crippen molar-refractivity contribution >= 4 is 11.3 Å². The number of benzene rings is 1. The van der Waals surface area contributed by atoms with Crippen LogP contribution in [0.1, 0.15) is 28.7 Å². The van der Waals surface area contributed by atoms with E-state index >= 15 is 0 Å². The Morgan fingerprint density at radius 3 is 2.47 bits per heavy atom. The molecule has 0 amide bonds. The molecule has 0 aliphatic heterocycles. The molecule has 4 heteroatoms. The third-order valence-electron chi connectivity index (χ3n) is 3.10. The molecule has 98 valence electrons. The molecule has 0 unspecified atom stereocenters. The van der Waals surface area contributed by atoms with E-state index in [1.54, 1.807) is 6.07 Å². The molecule has 19 heavy (non-hydrogen) atoms. The lowest BCUT2D eigenvalue weighted by molar-refractivity contribution is 0.273. The third-order valence-corrected chi connectivity index (χ3v) is 4.11. The number of hydrogen-bond acceptors (Lipinski definition) is 3. The van der Waals surface area contributed by atoms with Gasteiger partial charge in [0.1, 0.15) is 0 Å². The molecular weight excluding hydrogens is 261 g/mol. The van der Waals surface area contributed by atoms with Crippen LogP contribution in [-0.4, -0.2) is 11.7 Å². The SMILES string of the molecule is N#C[C@@H](c1ccccc1)[C@H](CCO)c1ccc(F)s1. The summed E-state index contributed by atoms with van der Waals surface area (Å²) >= 11 is 1.05. The average molecular weight is 275 g/mol. The van der Waals surface area contributed by atoms with E-state index in [2.05, 4.69) is 6.07 Å². The van der Waals surface area contributed by atoms with Crippen LogP contribution in [0.4, 0.5) is 4.39 Å². The highest BCUT2D eigenvalue weighted by molar-refractivity contribution is 7.10. The average Bonchev–Trinajstić information content (AvgIpc) is 2.86. The molecule has 0 fully saturated rings. The van der Waals surface area contributed by atoms with Gasteiger partial charge in [-0.1, -0.05) is 30.3 Å². The van der Waals surface area contributed by atoms with Gasteiger partial charge in [0.25, 0.3) is 0 Å². The van der Waals surface area contributed by atoms with E-state index in [0.29, 0.717) is 6.42 Å². The Hall–Kier alpha value is -1.70. The first kappa shape index (κ1) is 13.7. The Morgan fingerprint density at radius 2 is 1.95 bits per heavy atom. The van der Waals surface area contributed by atoms with Crippen LogP contribution < -0.4 is 0 Å². The van der Waals surface area contributed by atoms with Crippen LogP contribution in [0.5, 0.6) is 0 Å². The standard InChI is InChI=1S/C15H14FNOS/c16-15-7-6-14(19-15)12(8-9-18)13(10-17)11-4-2-1-3-5-11/h1-7,12-13,18H,8-9H2/t12-,13-/m0/s1. The van der Waals surface area contributed by atoms with E-state index in [0.717, 1.165) is 21.8 Å². The van der Waals surface area contributed by atoms with Crippen molar-refractivity contribution in [3.8, 4) is 6.07 Å². The lowest BCUT2D eigenvalue weighted by atomic mass is 9.84. The van der Waals surface area contributed by atoms with E-state index in [-0.39, 0.29) is 23.6 Å². The monoisotopic (exact) mass is 275 g/mol. The van der Waals surface area contributed by atoms with Gasteiger partial charge in [-0.25, -0.2) is 0 Å². The minimum Gasteiger partial charge on any atom is -0.396 e. The van der Waals surface area contributed by atoms with Crippen molar-refractivity contribution in [2.45, 2.75) is 18.3 Å². The molecule has 2 rings (SSSR count). The molecule has 0 radical (unpaired) electrons. The maximum absolute atomic E-state index is 13.2. The van der Waals surface area contributed by atoms with Gasteiger partial charge in [-0.2, -0.15) is 9.65 Å². The molecule has 1 N–H and O–H groups in total. The lowest BCUT2D eigenvalue weighted by Gasteiger charge is -2.20. The highest BCUT2D eigenvalue weighted by Crippen LogP contribution is 2.38. The zero-order chi connectivity index (χ0) is 13.7. The van der Waals surface area contributed by atoms with Crippen molar-refractivity contribution < 1.29 is 9.50 Å². The molecule has 0 aliphatic rings. The summed E-state index contributed by atoms with van der Waals surface area (Å²) in [5.74, 6) is -0.543. The van der Waals surface area contributed by atoms with Crippen molar-refractivity contribution in [2.75, 3.05) is 6.61 Å². The predicted octanol–water partition coefficient (Wildman–Crippen LogP) is 3.66. The van der Waals surface area contributed by atoms with Gasteiger partial charge >= 0.3 is 0 Å². The fraction of sp³-hybridized carbons (Fsp3) is 0.267. The summed E-state index contributed by atoms with van der Waals surface area (Å²) in [5.41, 5.74) is 0.900. The number of nitriles is 1. The van der Waals surface area contributed by atoms with Gasteiger partial charge in [0.15, 0.2) is 5.13 Å². The molecular formula is C15H14FNOS. The van der Waals surface area contributed by atoms with E-state index in [1.165, 1.54) is 6.07 Å². The summed E-state index contributed by atoms with van der Waals surface area (Å²) in [6, 6.07) is 14.8. The Labute approximate surface area is 115 Å². The summed E-state index contributed by atoms with van der Waals surface area (Å²) in [7, 11) is 0. The molecule has 0 aliphatic carbocycles. The Morgan fingerprint density at radius 1 is 1.21 bits per heavy atom. The quantitative estimate of drug-likeness (QED) is 0.905. The van der Waals surface area contributed by atoms with Gasteiger partial charge in [-0.15, -0.1) is 11.3 Å². The molecule has 0 saturated carbocycles. The number of thiophene rings is 1. The summed E-state index contributed by atoms with van der Waals surface area (Å²) < 4.78 is 13.2.